The van der Waals surface area contributed by atoms with E-state index in [2.05, 4.69) is 4.98 Å². The summed E-state index contributed by atoms with van der Waals surface area (Å²) in [5.74, 6) is -1.25. The molecule has 0 saturated heterocycles. The summed E-state index contributed by atoms with van der Waals surface area (Å²) < 4.78 is 11.2. The Hall–Kier alpha value is -4.39. The summed E-state index contributed by atoms with van der Waals surface area (Å²) >= 11 is 0. The molecule has 0 aliphatic carbocycles. The lowest BCUT2D eigenvalue weighted by atomic mass is 9.92. The maximum atomic E-state index is 13.7. The van der Waals surface area contributed by atoms with Crippen molar-refractivity contribution in [2.24, 2.45) is 0 Å². The highest BCUT2D eigenvalue weighted by Gasteiger charge is 2.45. The molecule has 7 nitrogen and oxygen atoms in total. The Morgan fingerprint density at radius 1 is 1.12 bits per heavy atom. The minimum Gasteiger partial charge on any atom is -0.503 e. The summed E-state index contributed by atoms with van der Waals surface area (Å²) in [6, 6.07) is 19.0. The summed E-state index contributed by atoms with van der Waals surface area (Å²) in [6.07, 6.45) is 1.64. The Bertz CT molecular complexity index is 1440. The number of methoxy groups -OCH3 is 1. The molecule has 1 aliphatic heterocycles. The monoisotopic (exact) mass is 454 g/mol. The van der Waals surface area contributed by atoms with Crippen LogP contribution >= 0.6 is 0 Å². The molecule has 34 heavy (non-hydrogen) atoms. The fourth-order valence-corrected chi connectivity index (χ4v) is 4.37. The zero-order valence-corrected chi connectivity index (χ0v) is 18.7. The third kappa shape index (κ3) is 3.51. The van der Waals surface area contributed by atoms with E-state index in [9.17, 15) is 14.7 Å². The summed E-state index contributed by atoms with van der Waals surface area (Å²) in [5.41, 5.74) is 2.68. The van der Waals surface area contributed by atoms with Gasteiger partial charge in [-0.25, -0.2) is 0 Å². The van der Waals surface area contributed by atoms with Crippen LogP contribution in [0.15, 0.2) is 88.7 Å². The molecule has 5 rings (SSSR count). The van der Waals surface area contributed by atoms with Gasteiger partial charge in [0.05, 0.1) is 31.0 Å². The molecule has 170 valence electrons. The van der Waals surface area contributed by atoms with Gasteiger partial charge in [0.1, 0.15) is 0 Å². The number of furan rings is 1. The molecule has 0 saturated carbocycles. The summed E-state index contributed by atoms with van der Waals surface area (Å²) in [7, 11) is 1.52. The SMILES string of the molecule is COc1cccc2cc(C(=O)C3=C(O)C(=O)N(Cc4ccccn4)C3c3ccccc3C)oc12. The van der Waals surface area contributed by atoms with Crippen molar-refractivity contribution >= 4 is 22.7 Å². The lowest BCUT2D eigenvalue weighted by molar-refractivity contribution is -0.130. The predicted octanol–water partition coefficient (Wildman–Crippen LogP) is 4.92. The zero-order valence-electron chi connectivity index (χ0n) is 18.7. The average Bonchev–Trinajstić information content (AvgIpc) is 3.40. The first-order chi connectivity index (χ1) is 16.5. The summed E-state index contributed by atoms with van der Waals surface area (Å²) in [4.78, 5) is 32.7. The van der Waals surface area contributed by atoms with Crippen LogP contribution in [0.3, 0.4) is 0 Å². The number of carbonyl (C=O) groups is 2. The van der Waals surface area contributed by atoms with E-state index < -0.39 is 23.5 Å². The van der Waals surface area contributed by atoms with E-state index in [0.717, 1.165) is 11.1 Å². The molecular formula is C27H22N2O5. The number of benzene rings is 2. The van der Waals surface area contributed by atoms with E-state index in [1.807, 2.05) is 37.3 Å². The molecule has 1 aliphatic rings. The van der Waals surface area contributed by atoms with Crippen molar-refractivity contribution in [1.82, 2.24) is 9.88 Å². The van der Waals surface area contributed by atoms with E-state index in [-0.39, 0.29) is 17.9 Å². The lowest BCUT2D eigenvalue weighted by Gasteiger charge is -2.27. The normalized spacial score (nSPS) is 15.9. The number of carbonyl (C=O) groups excluding carboxylic acids is 2. The number of aliphatic hydroxyl groups excluding tert-OH is 1. The number of aromatic nitrogens is 1. The number of aliphatic hydroxyl groups is 1. The Kier molecular flexibility index (Phi) is 5.37. The number of rotatable bonds is 6. The molecular weight excluding hydrogens is 432 g/mol. The fraction of sp³-hybridized carbons (Fsp3) is 0.148. The van der Waals surface area contributed by atoms with Crippen LogP contribution in [-0.4, -0.2) is 33.8 Å². The molecule has 0 fully saturated rings. The largest absolute Gasteiger partial charge is 0.503 e. The van der Waals surface area contributed by atoms with Gasteiger partial charge in [-0.2, -0.15) is 0 Å². The van der Waals surface area contributed by atoms with Gasteiger partial charge in [-0.1, -0.05) is 42.5 Å². The molecule has 1 atom stereocenters. The topological polar surface area (TPSA) is 92.9 Å². The van der Waals surface area contributed by atoms with Gasteiger partial charge in [-0.15, -0.1) is 0 Å². The number of ether oxygens (including phenoxy) is 1. The highest BCUT2D eigenvalue weighted by molar-refractivity contribution is 6.16. The van der Waals surface area contributed by atoms with E-state index in [1.54, 1.807) is 42.6 Å². The highest BCUT2D eigenvalue weighted by Crippen LogP contribution is 2.41. The summed E-state index contributed by atoms with van der Waals surface area (Å²) in [6.45, 7) is 2.04. The van der Waals surface area contributed by atoms with E-state index in [1.165, 1.54) is 12.0 Å². The Morgan fingerprint density at radius 2 is 1.91 bits per heavy atom. The van der Waals surface area contributed by atoms with Crippen molar-refractivity contribution in [3.63, 3.8) is 0 Å². The number of aryl methyl sites for hydroxylation is 1. The Labute approximate surface area is 195 Å². The maximum Gasteiger partial charge on any atom is 0.290 e. The zero-order chi connectivity index (χ0) is 23.8. The molecule has 7 heteroatoms. The smallest absolute Gasteiger partial charge is 0.290 e. The number of hydrogen-bond acceptors (Lipinski definition) is 6. The number of fused-ring (bicyclic) bond motifs is 1. The molecule has 0 bridgehead atoms. The second-order valence-corrected chi connectivity index (χ2v) is 8.09. The van der Waals surface area contributed by atoms with Gasteiger partial charge in [0, 0.05) is 11.6 Å². The van der Waals surface area contributed by atoms with Gasteiger partial charge in [0.15, 0.2) is 22.9 Å². The van der Waals surface area contributed by atoms with Crippen molar-refractivity contribution < 1.29 is 23.8 Å². The van der Waals surface area contributed by atoms with Gasteiger partial charge >= 0.3 is 0 Å². The fourth-order valence-electron chi connectivity index (χ4n) is 4.37. The number of hydrogen-bond donors (Lipinski definition) is 1. The van der Waals surface area contributed by atoms with Crippen LogP contribution in [0.4, 0.5) is 0 Å². The number of Topliss-reactive ketones (excluding diaryl/α,β-unsaturated/α-hetero) is 1. The van der Waals surface area contributed by atoms with Crippen molar-refractivity contribution in [2.45, 2.75) is 19.5 Å². The van der Waals surface area contributed by atoms with Crippen molar-refractivity contribution in [3.05, 3.63) is 107 Å². The highest BCUT2D eigenvalue weighted by atomic mass is 16.5. The Morgan fingerprint density at radius 3 is 2.65 bits per heavy atom. The van der Waals surface area contributed by atoms with Crippen LogP contribution < -0.4 is 4.74 Å². The van der Waals surface area contributed by atoms with Crippen molar-refractivity contribution in [1.29, 1.82) is 0 Å². The molecule has 0 spiro atoms. The summed E-state index contributed by atoms with van der Waals surface area (Å²) in [5, 5.41) is 11.6. The van der Waals surface area contributed by atoms with Crippen molar-refractivity contribution in [2.75, 3.05) is 7.11 Å². The number of nitrogens with zero attached hydrogens (tertiary/aromatic N) is 2. The quantitative estimate of drug-likeness (QED) is 0.416. The first-order valence-electron chi connectivity index (χ1n) is 10.8. The molecule has 1 N–H and O–H groups in total. The molecule has 2 aromatic heterocycles. The van der Waals surface area contributed by atoms with Gasteiger partial charge < -0.3 is 19.2 Å². The van der Waals surface area contributed by atoms with Crippen LogP contribution in [0.2, 0.25) is 0 Å². The first-order valence-corrected chi connectivity index (χ1v) is 10.8. The van der Waals surface area contributed by atoms with E-state index in [4.69, 9.17) is 9.15 Å². The molecule has 2 aromatic carbocycles. The standard InChI is InChI=1S/C27H22N2O5/c1-16-8-3-4-11-19(16)23-22(25(31)27(32)29(23)15-18-10-5-6-13-28-18)24(30)21-14-17-9-7-12-20(33-2)26(17)34-21/h3-14,23,31H,15H2,1-2H3. The van der Waals surface area contributed by atoms with Gasteiger partial charge in [-0.05, 0) is 42.3 Å². The van der Waals surface area contributed by atoms with Crippen LogP contribution in [-0.2, 0) is 11.3 Å². The van der Waals surface area contributed by atoms with E-state index in [0.29, 0.717) is 22.4 Å². The molecule has 3 heterocycles. The van der Waals surface area contributed by atoms with Crippen LogP contribution in [0, 0.1) is 6.92 Å². The second kappa shape index (κ2) is 8.51. The second-order valence-electron chi connectivity index (χ2n) is 8.09. The maximum absolute atomic E-state index is 13.7. The van der Waals surface area contributed by atoms with Gasteiger partial charge in [-0.3, -0.25) is 14.6 Å². The predicted molar refractivity (Wildman–Crippen MR) is 125 cm³/mol. The van der Waals surface area contributed by atoms with Gasteiger partial charge in [0.2, 0.25) is 5.78 Å². The number of para-hydroxylation sites is 1. The number of amides is 1. The van der Waals surface area contributed by atoms with Crippen LogP contribution in [0.5, 0.6) is 5.75 Å². The molecule has 1 amide bonds. The van der Waals surface area contributed by atoms with E-state index >= 15 is 0 Å². The molecule has 4 aromatic rings. The van der Waals surface area contributed by atoms with Crippen molar-refractivity contribution in [3.8, 4) is 5.75 Å². The molecule has 1 unspecified atom stereocenters. The lowest BCUT2D eigenvalue weighted by Crippen LogP contribution is -2.31. The third-order valence-electron chi connectivity index (χ3n) is 6.04. The molecule has 0 radical (unpaired) electrons. The minimum atomic E-state index is -0.793. The number of pyridine rings is 1. The third-order valence-corrected chi connectivity index (χ3v) is 6.04. The van der Waals surface area contributed by atoms with Crippen LogP contribution in [0.1, 0.15) is 33.4 Å². The van der Waals surface area contributed by atoms with Crippen LogP contribution in [0.25, 0.3) is 11.0 Å². The first kappa shape index (κ1) is 21.5. The average molecular weight is 454 g/mol. The Balaban J connectivity index is 1.62. The number of ketones is 1. The van der Waals surface area contributed by atoms with Gasteiger partial charge in [0.25, 0.3) is 5.91 Å². The minimum absolute atomic E-state index is 0.0201.